The highest BCUT2D eigenvalue weighted by molar-refractivity contribution is 14.0. The normalized spacial score (nSPS) is 20.7. The topological polar surface area (TPSA) is 93.0 Å². The summed E-state index contributed by atoms with van der Waals surface area (Å²) in [5.74, 6) is 0.681. The number of carbonyl (C=O) groups is 1. The van der Waals surface area contributed by atoms with Gasteiger partial charge in [0.25, 0.3) is 0 Å². The Kier molecular flexibility index (Phi) is 9.82. The lowest BCUT2D eigenvalue weighted by Crippen LogP contribution is -2.54. The molecule has 0 radical (unpaired) electrons. The van der Waals surface area contributed by atoms with Crippen molar-refractivity contribution >= 4 is 36.0 Å². The quantitative estimate of drug-likeness (QED) is 0.325. The third-order valence-corrected chi connectivity index (χ3v) is 5.55. The monoisotopic (exact) mass is 564 g/mol. The first-order valence-electron chi connectivity index (χ1n) is 10.9. The largest absolute Gasteiger partial charge is 0.444 e. The molecule has 0 saturated carbocycles. The lowest BCUT2D eigenvalue weighted by Gasteiger charge is -2.35. The Balaban J connectivity index is 0.00000512. The minimum atomic E-state index is -0.750. The molecule has 1 aromatic heterocycles. The predicted molar refractivity (Wildman–Crippen MR) is 138 cm³/mol. The van der Waals surface area contributed by atoms with Gasteiger partial charge in [0, 0.05) is 32.9 Å². The van der Waals surface area contributed by atoms with Crippen LogP contribution in [0.3, 0.4) is 0 Å². The number of nitrogens with zero attached hydrogens (tertiary/aromatic N) is 4. The summed E-state index contributed by atoms with van der Waals surface area (Å²) in [6, 6.07) is -0.189. The van der Waals surface area contributed by atoms with E-state index in [1.165, 1.54) is 11.3 Å². The van der Waals surface area contributed by atoms with Crippen LogP contribution in [0.4, 0.5) is 4.79 Å². The van der Waals surface area contributed by atoms with Crippen LogP contribution in [0.15, 0.2) is 4.99 Å². The zero-order valence-corrected chi connectivity index (χ0v) is 23.5. The summed E-state index contributed by atoms with van der Waals surface area (Å²) >= 11 is 0. The van der Waals surface area contributed by atoms with Crippen LogP contribution < -0.4 is 10.6 Å². The van der Waals surface area contributed by atoms with Crippen molar-refractivity contribution in [1.29, 1.82) is 0 Å². The van der Waals surface area contributed by atoms with Gasteiger partial charge in [-0.3, -0.25) is 14.6 Å². The van der Waals surface area contributed by atoms with Crippen molar-refractivity contribution in [2.24, 2.45) is 12.0 Å². The van der Waals surface area contributed by atoms with Crippen LogP contribution in [0.5, 0.6) is 0 Å². The van der Waals surface area contributed by atoms with E-state index in [1.54, 1.807) is 11.9 Å². The zero-order chi connectivity index (χ0) is 23.6. The SMILES string of the molecule is CN=C(NCCc1c(C)nn(C)c1C)NCC1C(C)OC(C)(C)N1C(=O)OC(C)(C)C.I. The van der Waals surface area contributed by atoms with Crippen molar-refractivity contribution in [3.63, 3.8) is 0 Å². The molecule has 32 heavy (non-hydrogen) atoms. The average Bonchev–Trinajstić information content (AvgIpc) is 3.00. The first kappa shape index (κ1) is 28.5. The molecule has 9 nitrogen and oxygen atoms in total. The predicted octanol–water partition coefficient (Wildman–Crippen LogP) is 3.12. The van der Waals surface area contributed by atoms with E-state index in [-0.39, 0.29) is 42.2 Å². The van der Waals surface area contributed by atoms with Gasteiger partial charge in [0.2, 0.25) is 0 Å². The Morgan fingerprint density at radius 3 is 2.41 bits per heavy atom. The fraction of sp³-hybridized carbons (Fsp3) is 0.773. The second-order valence-electron chi connectivity index (χ2n) is 9.59. The summed E-state index contributed by atoms with van der Waals surface area (Å²) in [6.45, 7) is 16.7. The summed E-state index contributed by atoms with van der Waals surface area (Å²) in [6.07, 6.45) is 0.333. The number of nitrogens with one attached hydrogen (secondary N) is 2. The summed E-state index contributed by atoms with van der Waals surface area (Å²) in [5, 5.41) is 11.2. The van der Waals surface area contributed by atoms with E-state index < -0.39 is 11.3 Å². The van der Waals surface area contributed by atoms with Crippen molar-refractivity contribution < 1.29 is 14.3 Å². The molecule has 10 heteroatoms. The number of amides is 1. The standard InChI is InChI=1S/C22H40N6O3.HI/c1-14-17(15(2)27(10)26-14)11-12-24-19(23-9)25-13-18-16(3)30-22(7,8)28(18)20(29)31-21(4,5)6;/h16,18H,11-13H2,1-10H3,(H2,23,24,25);1H. The number of halogens is 1. The lowest BCUT2D eigenvalue weighted by atomic mass is 10.1. The summed E-state index contributed by atoms with van der Waals surface area (Å²) in [5.41, 5.74) is 2.16. The van der Waals surface area contributed by atoms with E-state index in [4.69, 9.17) is 9.47 Å². The van der Waals surface area contributed by atoms with Crippen LogP contribution in [0.25, 0.3) is 0 Å². The molecule has 1 fully saturated rings. The number of rotatable bonds is 5. The molecule has 1 aliphatic heterocycles. The highest BCUT2D eigenvalue weighted by Gasteiger charge is 2.49. The molecule has 2 rings (SSSR count). The minimum Gasteiger partial charge on any atom is -0.444 e. The van der Waals surface area contributed by atoms with Gasteiger partial charge in [-0.1, -0.05) is 0 Å². The van der Waals surface area contributed by atoms with Crippen LogP contribution >= 0.6 is 24.0 Å². The maximum Gasteiger partial charge on any atom is 0.412 e. The van der Waals surface area contributed by atoms with Gasteiger partial charge in [-0.15, -0.1) is 24.0 Å². The number of guanidine groups is 1. The molecule has 2 heterocycles. The van der Waals surface area contributed by atoms with E-state index in [2.05, 4.69) is 27.6 Å². The fourth-order valence-corrected chi connectivity index (χ4v) is 4.03. The highest BCUT2D eigenvalue weighted by Crippen LogP contribution is 2.33. The maximum atomic E-state index is 12.9. The second-order valence-corrected chi connectivity index (χ2v) is 9.59. The van der Waals surface area contributed by atoms with Gasteiger partial charge in [-0.2, -0.15) is 5.10 Å². The van der Waals surface area contributed by atoms with Gasteiger partial charge in [-0.25, -0.2) is 4.79 Å². The average molecular weight is 565 g/mol. The van der Waals surface area contributed by atoms with Crippen molar-refractivity contribution in [3.8, 4) is 0 Å². The first-order valence-corrected chi connectivity index (χ1v) is 10.9. The van der Waals surface area contributed by atoms with Crippen LogP contribution in [0.1, 0.15) is 58.5 Å². The van der Waals surface area contributed by atoms with E-state index in [0.717, 1.165) is 18.7 Å². The molecule has 2 N–H and O–H groups in total. The Hall–Kier alpha value is -1.56. The van der Waals surface area contributed by atoms with Crippen LogP contribution in [-0.2, 0) is 22.9 Å². The van der Waals surface area contributed by atoms with E-state index >= 15 is 0 Å². The molecule has 184 valence electrons. The molecule has 1 amide bonds. The first-order chi connectivity index (χ1) is 14.3. The molecular formula is C22H41IN6O3. The maximum absolute atomic E-state index is 12.9. The lowest BCUT2D eigenvalue weighted by molar-refractivity contribution is -0.0755. The molecule has 1 saturated heterocycles. The molecular weight excluding hydrogens is 523 g/mol. The summed E-state index contributed by atoms with van der Waals surface area (Å²) in [4.78, 5) is 18.9. The van der Waals surface area contributed by atoms with Gasteiger partial charge < -0.3 is 20.1 Å². The van der Waals surface area contributed by atoms with Crippen LogP contribution in [0, 0.1) is 13.8 Å². The minimum absolute atomic E-state index is 0. The third-order valence-electron chi connectivity index (χ3n) is 5.55. The molecule has 0 bridgehead atoms. The number of hydrogen-bond acceptors (Lipinski definition) is 5. The van der Waals surface area contributed by atoms with Gasteiger partial charge in [-0.05, 0) is 67.4 Å². The second kappa shape index (κ2) is 11.0. The van der Waals surface area contributed by atoms with Crippen molar-refractivity contribution in [2.45, 2.75) is 85.3 Å². The van der Waals surface area contributed by atoms with Gasteiger partial charge in [0.05, 0.1) is 17.8 Å². The van der Waals surface area contributed by atoms with Crippen molar-refractivity contribution in [2.75, 3.05) is 20.1 Å². The highest BCUT2D eigenvalue weighted by atomic mass is 127. The van der Waals surface area contributed by atoms with Gasteiger partial charge in [0.1, 0.15) is 11.3 Å². The molecule has 1 aromatic rings. The molecule has 2 unspecified atom stereocenters. The third kappa shape index (κ3) is 6.97. The van der Waals surface area contributed by atoms with E-state index in [1.807, 2.05) is 60.2 Å². The molecule has 0 aliphatic carbocycles. The van der Waals surface area contributed by atoms with Crippen molar-refractivity contribution in [1.82, 2.24) is 25.3 Å². The Morgan fingerprint density at radius 2 is 1.91 bits per heavy atom. The summed E-state index contributed by atoms with van der Waals surface area (Å²) in [7, 11) is 3.70. The number of aromatic nitrogens is 2. The van der Waals surface area contributed by atoms with Crippen LogP contribution in [-0.4, -0.2) is 70.3 Å². The smallest absolute Gasteiger partial charge is 0.412 e. The molecule has 2 atom stereocenters. The fourth-order valence-electron chi connectivity index (χ4n) is 4.03. The number of ether oxygens (including phenoxy) is 2. The molecule has 0 aromatic carbocycles. The van der Waals surface area contributed by atoms with Crippen molar-refractivity contribution in [3.05, 3.63) is 17.0 Å². The summed E-state index contributed by atoms with van der Waals surface area (Å²) < 4.78 is 13.6. The number of carbonyl (C=O) groups excluding carboxylic acids is 1. The number of hydrogen-bond donors (Lipinski definition) is 2. The Morgan fingerprint density at radius 1 is 1.28 bits per heavy atom. The van der Waals surface area contributed by atoms with Gasteiger partial charge >= 0.3 is 6.09 Å². The number of aryl methyl sites for hydroxylation is 2. The van der Waals surface area contributed by atoms with Crippen LogP contribution in [0.2, 0.25) is 0 Å². The van der Waals surface area contributed by atoms with E-state index in [9.17, 15) is 4.79 Å². The Labute approximate surface area is 209 Å². The zero-order valence-electron chi connectivity index (χ0n) is 21.2. The van der Waals surface area contributed by atoms with Gasteiger partial charge in [0.15, 0.2) is 5.96 Å². The number of aliphatic imine (C=N–C) groups is 1. The Bertz CT molecular complexity index is 815. The molecule has 1 aliphatic rings. The molecule has 0 spiro atoms. The van der Waals surface area contributed by atoms with E-state index in [0.29, 0.717) is 12.5 Å².